The number of likely N-dealkylation sites (N-methyl/N-ethyl adjacent to an activating group) is 1. The van der Waals surface area contributed by atoms with Crippen molar-refractivity contribution in [3.8, 4) is 11.5 Å². The van der Waals surface area contributed by atoms with Crippen LogP contribution >= 0.6 is 0 Å². The zero-order valence-corrected chi connectivity index (χ0v) is 14.4. The number of carboxylic acid groups (broad SMARTS) is 1. The lowest BCUT2D eigenvalue weighted by Crippen LogP contribution is -2.22. The van der Waals surface area contributed by atoms with Crippen molar-refractivity contribution >= 4 is 5.97 Å². The maximum Gasteiger partial charge on any atom is 0.336 e. The first kappa shape index (κ1) is 17.8. The molecule has 0 fully saturated rings. The van der Waals surface area contributed by atoms with Crippen LogP contribution in [-0.2, 0) is 20.0 Å². The highest BCUT2D eigenvalue weighted by molar-refractivity contribution is 5.91. The Hall–Kier alpha value is -2.54. The first-order valence-corrected chi connectivity index (χ1v) is 7.58. The van der Waals surface area contributed by atoms with Gasteiger partial charge in [-0.25, -0.2) is 4.79 Å². The van der Waals surface area contributed by atoms with Crippen molar-refractivity contribution in [2.75, 3.05) is 27.8 Å². The number of ether oxygens (including phenoxy) is 2. The molecule has 7 nitrogen and oxygen atoms in total. The van der Waals surface area contributed by atoms with Crippen LogP contribution in [0.5, 0.6) is 11.5 Å². The number of rotatable bonds is 8. The second-order valence-electron chi connectivity index (χ2n) is 5.67. The highest BCUT2D eigenvalue weighted by Gasteiger charge is 2.19. The normalized spacial score (nSPS) is 10.9. The molecule has 0 bridgehead atoms. The number of hydrogen-bond donors (Lipinski definition) is 1. The predicted molar refractivity (Wildman–Crippen MR) is 89.8 cm³/mol. The molecular formula is C17H23N3O4. The molecule has 2 rings (SSSR count). The quantitative estimate of drug-likeness (QED) is 0.794. The molecule has 0 radical (unpaired) electrons. The second kappa shape index (κ2) is 7.83. The van der Waals surface area contributed by atoms with Gasteiger partial charge in [0.25, 0.3) is 0 Å². The maximum absolute atomic E-state index is 11.6. The number of carbonyl (C=O) groups is 1. The molecule has 2 aromatic rings. The maximum atomic E-state index is 11.6. The Kier molecular flexibility index (Phi) is 5.81. The van der Waals surface area contributed by atoms with Crippen LogP contribution in [0.15, 0.2) is 24.5 Å². The SMILES string of the molecule is COc1cc(OC)c(CN(C)CCc2cnn(C)c2)c(C(=O)O)c1. The van der Waals surface area contributed by atoms with Gasteiger partial charge in [0.15, 0.2) is 0 Å². The summed E-state index contributed by atoms with van der Waals surface area (Å²) in [6.45, 7) is 1.25. The first-order chi connectivity index (χ1) is 11.4. The summed E-state index contributed by atoms with van der Waals surface area (Å²) in [5, 5.41) is 13.6. The Morgan fingerprint density at radius 2 is 2.08 bits per heavy atom. The van der Waals surface area contributed by atoms with Crippen molar-refractivity contribution in [3.05, 3.63) is 41.2 Å². The number of nitrogens with zero attached hydrogens (tertiary/aromatic N) is 3. The minimum atomic E-state index is -0.997. The standard InChI is InChI=1S/C17H23N3O4/c1-19(6-5-12-9-18-20(2)10-12)11-15-14(17(21)22)7-13(23-3)8-16(15)24-4/h7-10H,5-6,11H2,1-4H3,(H,21,22). The summed E-state index contributed by atoms with van der Waals surface area (Å²) in [6, 6.07) is 3.23. The number of carboxylic acids is 1. The molecule has 1 N–H and O–H groups in total. The Balaban J connectivity index is 2.16. The molecule has 0 saturated heterocycles. The number of methoxy groups -OCH3 is 2. The summed E-state index contributed by atoms with van der Waals surface area (Å²) >= 11 is 0. The molecule has 0 unspecified atom stereocenters. The van der Waals surface area contributed by atoms with Gasteiger partial charge >= 0.3 is 5.97 Å². The number of aromatic nitrogens is 2. The zero-order chi connectivity index (χ0) is 17.7. The van der Waals surface area contributed by atoms with Crippen LogP contribution in [-0.4, -0.2) is 53.6 Å². The fraction of sp³-hybridized carbons (Fsp3) is 0.412. The van der Waals surface area contributed by atoms with Crippen LogP contribution in [0.4, 0.5) is 0 Å². The third-order valence-corrected chi connectivity index (χ3v) is 3.84. The Bertz CT molecular complexity index is 712. The molecule has 0 aliphatic carbocycles. The van der Waals surface area contributed by atoms with Crippen molar-refractivity contribution in [2.24, 2.45) is 7.05 Å². The smallest absolute Gasteiger partial charge is 0.336 e. The highest BCUT2D eigenvalue weighted by Crippen LogP contribution is 2.30. The molecule has 1 aromatic heterocycles. The topological polar surface area (TPSA) is 76.8 Å². The van der Waals surface area contributed by atoms with E-state index in [4.69, 9.17) is 9.47 Å². The van der Waals surface area contributed by atoms with Crippen LogP contribution < -0.4 is 9.47 Å². The van der Waals surface area contributed by atoms with Crippen LogP contribution in [0.2, 0.25) is 0 Å². The van der Waals surface area contributed by atoms with E-state index in [0.29, 0.717) is 23.6 Å². The molecule has 130 valence electrons. The van der Waals surface area contributed by atoms with Gasteiger partial charge in [0.2, 0.25) is 0 Å². The van der Waals surface area contributed by atoms with Gasteiger partial charge < -0.3 is 19.5 Å². The summed E-state index contributed by atoms with van der Waals surface area (Å²) in [4.78, 5) is 13.6. The molecule has 1 heterocycles. The van der Waals surface area contributed by atoms with E-state index in [1.807, 2.05) is 26.5 Å². The molecule has 7 heteroatoms. The van der Waals surface area contributed by atoms with E-state index < -0.39 is 5.97 Å². The molecule has 0 aliphatic rings. The summed E-state index contributed by atoms with van der Waals surface area (Å²) in [5.74, 6) is -0.0196. The lowest BCUT2D eigenvalue weighted by atomic mass is 10.0. The molecular weight excluding hydrogens is 310 g/mol. The van der Waals surface area contributed by atoms with Crippen LogP contribution in [0.25, 0.3) is 0 Å². The minimum Gasteiger partial charge on any atom is -0.497 e. The van der Waals surface area contributed by atoms with Gasteiger partial charge in [-0.2, -0.15) is 5.10 Å². The van der Waals surface area contributed by atoms with Gasteiger partial charge in [0.1, 0.15) is 11.5 Å². The third-order valence-electron chi connectivity index (χ3n) is 3.84. The predicted octanol–water partition coefficient (Wildman–Crippen LogP) is 1.81. The van der Waals surface area contributed by atoms with Crippen LogP contribution in [0.3, 0.4) is 0 Å². The first-order valence-electron chi connectivity index (χ1n) is 7.58. The van der Waals surface area contributed by atoms with Gasteiger partial charge in [-0.15, -0.1) is 0 Å². The van der Waals surface area contributed by atoms with Crippen LogP contribution in [0, 0.1) is 0 Å². The minimum absolute atomic E-state index is 0.194. The Morgan fingerprint density at radius 1 is 1.33 bits per heavy atom. The Morgan fingerprint density at radius 3 is 2.62 bits per heavy atom. The molecule has 0 atom stereocenters. The van der Waals surface area contributed by atoms with E-state index in [0.717, 1.165) is 18.5 Å². The average Bonchev–Trinajstić information content (AvgIpc) is 2.98. The number of hydrogen-bond acceptors (Lipinski definition) is 5. The van der Waals surface area contributed by atoms with Crippen molar-refractivity contribution in [1.82, 2.24) is 14.7 Å². The largest absolute Gasteiger partial charge is 0.497 e. The summed E-state index contributed by atoms with van der Waals surface area (Å²) in [5.41, 5.74) is 1.98. The fourth-order valence-corrected chi connectivity index (χ4v) is 2.54. The van der Waals surface area contributed by atoms with Crippen LogP contribution in [0.1, 0.15) is 21.5 Å². The summed E-state index contributed by atoms with van der Waals surface area (Å²) < 4.78 is 12.3. The molecule has 24 heavy (non-hydrogen) atoms. The van der Waals surface area contributed by atoms with E-state index in [1.165, 1.54) is 20.3 Å². The van der Waals surface area contributed by atoms with Gasteiger partial charge in [-0.1, -0.05) is 0 Å². The number of aryl methyl sites for hydroxylation is 1. The van der Waals surface area contributed by atoms with E-state index in [-0.39, 0.29) is 5.56 Å². The van der Waals surface area contributed by atoms with E-state index in [1.54, 1.807) is 10.7 Å². The average molecular weight is 333 g/mol. The molecule has 1 aromatic carbocycles. The van der Waals surface area contributed by atoms with E-state index >= 15 is 0 Å². The van der Waals surface area contributed by atoms with Crippen molar-refractivity contribution in [2.45, 2.75) is 13.0 Å². The molecule has 0 aliphatic heterocycles. The van der Waals surface area contributed by atoms with Crippen molar-refractivity contribution < 1.29 is 19.4 Å². The highest BCUT2D eigenvalue weighted by atomic mass is 16.5. The van der Waals surface area contributed by atoms with Gasteiger partial charge in [0.05, 0.1) is 26.0 Å². The van der Waals surface area contributed by atoms with E-state index in [9.17, 15) is 9.90 Å². The van der Waals surface area contributed by atoms with Gasteiger partial charge in [-0.05, 0) is 25.1 Å². The van der Waals surface area contributed by atoms with E-state index in [2.05, 4.69) is 10.00 Å². The lowest BCUT2D eigenvalue weighted by molar-refractivity contribution is 0.0693. The number of aromatic carboxylic acids is 1. The third kappa shape index (κ3) is 4.26. The Labute approximate surface area is 141 Å². The van der Waals surface area contributed by atoms with Gasteiger partial charge in [-0.3, -0.25) is 4.68 Å². The lowest BCUT2D eigenvalue weighted by Gasteiger charge is -2.20. The summed E-state index contributed by atoms with van der Waals surface area (Å²) in [7, 11) is 6.86. The van der Waals surface area contributed by atoms with Crippen molar-refractivity contribution in [3.63, 3.8) is 0 Å². The fourth-order valence-electron chi connectivity index (χ4n) is 2.54. The zero-order valence-electron chi connectivity index (χ0n) is 14.4. The monoisotopic (exact) mass is 333 g/mol. The molecule has 0 saturated carbocycles. The van der Waals surface area contributed by atoms with Gasteiger partial charge in [0, 0.05) is 38.0 Å². The number of benzene rings is 1. The second-order valence-corrected chi connectivity index (χ2v) is 5.67. The molecule has 0 amide bonds. The summed E-state index contributed by atoms with van der Waals surface area (Å²) in [6.07, 6.45) is 4.65. The molecule has 0 spiro atoms. The van der Waals surface area contributed by atoms with Crippen molar-refractivity contribution in [1.29, 1.82) is 0 Å².